The molecule has 0 atom stereocenters. The van der Waals surface area contributed by atoms with Crippen LogP contribution in [-0.4, -0.2) is 19.7 Å². The highest BCUT2D eigenvalue weighted by Crippen LogP contribution is 2.25. The molecule has 0 amide bonds. The molecule has 0 unspecified atom stereocenters. The van der Waals surface area contributed by atoms with Crippen LogP contribution in [0.4, 0.5) is 5.82 Å². The first kappa shape index (κ1) is 9.92. The van der Waals surface area contributed by atoms with Crippen LogP contribution in [0, 0.1) is 6.92 Å². The highest BCUT2D eigenvalue weighted by molar-refractivity contribution is 5.54. The van der Waals surface area contributed by atoms with Crippen LogP contribution in [0.3, 0.4) is 0 Å². The average Bonchev–Trinajstić information content (AvgIpc) is 2.45. The lowest BCUT2D eigenvalue weighted by Gasteiger charge is -2.18. The third kappa shape index (κ3) is 1.55. The van der Waals surface area contributed by atoms with Crippen molar-refractivity contribution in [3.63, 3.8) is 0 Å². The molecule has 2 aromatic heterocycles. The number of hydrogen-bond acceptors (Lipinski definition) is 4. The third-order valence-electron chi connectivity index (χ3n) is 2.32. The number of nitrogens with two attached hydrogens (primary N) is 1. The first-order chi connectivity index (χ1) is 6.89. The van der Waals surface area contributed by atoms with E-state index in [2.05, 4.69) is 10.1 Å². The van der Waals surface area contributed by atoms with E-state index in [0.29, 0.717) is 17.0 Å². The number of rotatable bonds is 1. The maximum absolute atomic E-state index is 9.98. The summed E-state index contributed by atoms with van der Waals surface area (Å²) in [6.45, 7) is 5.29. The number of hydrogen-bond donors (Lipinski definition) is 2. The second kappa shape index (κ2) is 2.93. The fourth-order valence-corrected chi connectivity index (χ4v) is 1.55. The van der Waals surface area contributed by atoms with Crippen LogP contribution in [0.5, 0.6) is 0 Å². The highest BCUT2D eigenvalue weighted by atomic mass is 16.3. The molecule has 0 aromatic carbocycles. The zero-order chi connectivity index (χ0) is 11.2. The summed E-state index contributed by atoms with van der Waals surface area (Å²) in [6.07, 6.45) is 1.71. The Labute approximate surface area is 87.6 Å². The van der Waals surface area contributed by atoms with Crippen molar-refractivity contribution < 1.29 is 5.11 Å². The summed E-state index contributed by atoms with van der Waals surface area (Å²) in [6, 6.07) is 1.65. The zero-order valence-corrected chi connectivity index (χ0v) is 9.02. The Kier molecular flexibility index (Phi) is 1.94. The molecule has 5 nitrogen and oxygen atoms in total. The van der Waals surface area contributed by atoms with Gasteiger partial charge >= 0.3 is 0 Å². The van der Waals surface area contributed by atoms with Gasteiger partial charge in [-0.2, -0.15) is 0 Å². The molecule has 0 bridgehead atoms. The molecule has 0 radical (unpaired) electrons. The number of imidazole rings is 1. The van der Waals surface area contributed by atoms with E-state index < -0.39 is 5.60 Å². The van der Waals surface area contributed by atoms with E-state index in [0.717, 1.165) is 5.69 Å². The van der Waals surface area contributed by atoms with Crippen LogP contribution in [0.1, 0.15) is 25.1 Å². The van der Waals surface area contributed by atoms with Crippen molar-refractivity contribution in [1.29, 1.82) is 0 Å². The van der Waals surface area contributed by atoms with Gasteiger partial charge in [0, 0.05) is 5.56 Å². The molecule has 15 heavy (non-hydrogen) atoms. The molecule has 0 aliphatic heterocycles. The van der Waals surface area contributed by atoms with Crippen LogP contribution in [0.25, 0.3) is 5.65 Å². The molecule has 5 heteroatoms. The number of nitrogens with zero attached hydrogens (tertiary/aromatic N) is 3. The van der Waals surface area contributed by atoms with Crippen LogP contribution < -0.4 is 5.73 Å². The number of anilines is 1. The lowest BCUT2D eigenvalue weighted by Crippen LogP contribution is -2.18. The summed E-state index contributed by atoms with van der Waals surface area (Å²) in [5, 5.41) is 14.1. The average molecular weight is 206 g/mol. The van der Waals surface area contributed by atoms with Gasteiger partial charge in [-0.3, -0.25) is 0 Å². The van der Waals surface area contributed by atoms with Gasteiger partial charge in [0.15, 0.2) is 5.65 Å². The van der Waals surface area contributed by atoms with Gasteiger partial charge in [0.2, 0.25) is 0 Å². The summed E-state index contributed by atoms with van der Waals surface area (Å²) in [5.74, 6) is 0.376. The highest BCUT2D eigenvalue weighted by Gasteiger charge is 2.22. The predicted octanol–water partition coefficient (Wildman–Crippen LogP) is 0.847. The minimum Gasteiger partial charge on any atom is -0.386 e. The van der Waals surface area contributed by atoms with Gasteiger partial charge in [-0.1, -0.05) is 0 Å². The van der Waals surface area contributed by atoms with Gasteiger partial charge in [-0.15, -0.1) is 5.10 Å². The van der Waals surface area contributed by atoms with Crippen molar-refractivity contribution >= 4 is 11.5 Å². The molecule has 3 N–H and O–H groups in total. The predicted molar refractivity (Wildman–Crippen MR) is 57.4 cm³/mol. The summed E-state index contributed by atoms with van der Waals surface area (Å²) < 4.78 is 1.64. The Morgan fingerprint density at radius 1 is 1.47 bits per heavy atom. The number of fused-ring (bicyclic) bond motifs is 1. The molecule has 0 saturated carbocycles. The first-order valence-electron chi connectivity index (χ1n) is 4.73. The van der Waals surface area contributed by atoms with E-state index in [4.69, 9.17) is 5.73 Å². The normalized spacial score (nSPS) is 12.3. The Bertz CT molecular complexity index is 510. The standard InChI is InChI=1S/C10H14N4O/c1-6-5-12-9-7(10(2,3)15)4-8(11)13-14(6)9/h4-5,15H,1-3H3,(H2,11,13). The minimum atomic E-state index is -0.976. The minimum absolute atomic E-state index is 0.376. The topological polar surface area (TPSA) is 76.4 Å². The molecule has 0 aliphatic carbocycles. The van der Waals surface area contributed by atoms with Gasteiger partial charge in [0.1, 0.15) is 5.82 Å². The van der Waals surface area contributed by atoms with E-state index in [1.54, 1.807) is 30.6 Å². The van der Waals surface area contributed by atoms with Crippen molar-refractivity contribution in [2.45, 2.75) is 26.4 Å². The van der Waals surface area contributed by atoms with Crippen LogP contribution in [0.15, 0.2) is 12.3 Å². The second-order valence-electron chi connectivity index (χ2n) is 4.18. The Morgan fingerprint density at radius 3 is 2.73 bits per heavy atom. The second-order valence-corrected chi connectivity index (χ2v) is 4.18. The largest absolute Gasteiger partial charge is 0.386 e. The molecule has 80 valence electrons. The van der Waals surface area contributed by atoms with E-state index in [-0.39, 0.29) is 0 Å². The van der Waals surface area contributed by atoms with E-state index >= 15 is 0 Å². The van der Waals surface area contributed by atoms with Crippen molar-refractivity contribution in [3.05, 3.63) is 23.5 Å². The van der Waals surface area contributed by atoms with E-state index in [9.17, 15) is 5.11 Å². The number of aromatic nitrogens is 3. The van der Waals surface area contributed by atoms with Crippen LogP contribution >= 0.6 is 0 Å². The fraction of sp³-hybridized carbons (Fsp3) is 0.400. The van der Waals surface area contributed by atoms with Crippen molar-refractivity contribution in [1.82, 2.24) is 14.6 Å². The maximum Gasteiger partial charge on any atom is 0.160 e. The van der Waals surface area contributed by atoms with E-state index in [1.165, 1.54) is 0 Å². The van der Waals surface area contributed by atoms with Gasteiger partial charge in [0.25, 0.3) is 0 Å². The molecule has 2 aromatic rings. The maximum atomic E-state index is 9.98. The lowest BCUT2D eigenvalue weighted by molar-refractivity contribution is 0.0795. The summed E-state index contributed by atoms with van der Waals surface area (Å²) in [4.78, 5) is 4.21. The summed E-state index contributed by atoms with van der Waals surface area (Å²) in [5.41, 5.74) is 6.92. The first-order valence-corrected chi connectivity index (χ1v) is 4.73. The van der Waals surface area contributed by atoms with Gasteiger partial charge in [0.05, 0.1) is 17.5 Å². The molecule has 0 fully saturated rings. The summed E-state index contributed by atoms with van der Waals surface area (Å²) in [7, 11) is 0. The molecular weight excluding hydrogens is 192 g/mol. The van der Waals surface area contributed by atoms with Crippen molar-refractivity contribution in [3.8, 4) is 0 Å². The van der Waals surface area contributed by atoms with Crippen molar-refractivity contribution in [2.24, 2.45) is 0 Å². The fourth-order valence-electron chi connectivity index (χ4n) is 1.55. The molecule has 0 aliphatic rings. The smallest absolute Gasteiger partial charge is 0.160 e. The van der Waals surface area contributed by atoms with E-state index in [1.807, 2.05) is 6.92 Å². The molecule has 2 heterocycles. The molecule has 0 saturated heterocycles. The monoisotopic (exact) mass is 206 g/mol. The lowest BCUT2D eigenvalue weighted by atomic mass is 10.0. The number of aliphatic hydroxyl groups is 1. The third-order valence-corrected chi connectivity index (χ3v) is 2.32. The van der Waals surface area contributed by atoms with Crippen LogP contribution in [-0.2, 0) is 5.60 Å². The summed E-state index contributed by atoms with van der Waals surface area (Å²) >= 11 is 0. The number of aryl methyl sites for hydroxylation is 1. The molecule has 2 rings (SSSR count). The van der Waals surface area contributed by atoms with Crippen molar-refractivity contribution in [2.75, 3.05) is 5.73 Å². The number of nitrogen functional groups attached to an aromatic ring is 1. The molecular formula is C10H14N4O. The van der Waals surface area contributed by atoms with Crippen LogP contribution in [0.2, 0.25) is 0 Å². The Hall–Kier alpha value is -1.62. The Balaban J connectivity index is 2.84. The SMILES string of the molecule is Cc1cnc2c(C(C)(C)O)cc(N)nn12. The van der Waals surface area contributed by atoms with Gasteiger partial charge in [-0.05, 0) is 26.8 Å². The quantitative estimate of drug-likeness (QED) is 0.725. The van der Waals surface area contributed by atoms with Gasteiger partial charge in [-0.25, -0.2) is 9.50 Å². The molecule has 0 spiro atoms. The van der Waals surface area contributed by atoms with Gasteiger partial charge < -0.3 is 10.8 Å². The Morgan fingerprint density at radius 2 is 2.13 bits per heavy atom. The zero-order valence-electron chi connectivity index (χ0n) is 9.02.